The van der Waals surface area contributed by atoms with E-state index in [-0.39, 0.29) is 11.8 Å². The Kier molecular flexibility index (Phi) is 5.72. The van der Waals surface area contributed by atoms with Crippen LogP contribution in [0, 0.1) is 13.8 Å². The van der Waals surface area contributed by atoms with Crippen molar-refractivity contribution in [3.8, 4) is 0 Å². The number of aromatic nitrogens is 4. The summed E-state index contributed by atoms with van der Waals surface area (Å²) in [6, 6.07) is 0. The molecule has 3 rings (SSSR count). The van der Waals surface area contributed by atoms with Crippen LogP contribution in [0.25, 0.3) is 0 Å². The molecule has 0 spiro atoms. The van der Waals surface area contributed by atoms with E-state index in [9.17, 15) is 4.79 Å². The fourth-order valence-corrected chi connectivity index (χ4v) is 4.48. The lowest BCUT2D eigenvalue weighted by Gasteiger charge is -2.32. The second kappa shape index (κ2) is 7.84. The van der Waals surface area contributed by atoms with E-state index in [1.807, 2.05) is 39.9 Å². The molecule has 0 unspecified atom stereocenters. The topological polar surface area (TPSA) is 67.2 Å². The number of aryl methyl sites for hydroxylation is 2. The number of piperidine rings is 1. The maximum Gasteiger partial charge on any atom is 0.227 e. The van der Waals surface area contributed by atoms with Crippen molar-refractivity contribution in [2.24, 2.45) is 7.05 Å². The van der Waals surface area contributed by atoms with E-state index in [2.05, 4.69) is 24.6 Å². The molecule has 3 heterocycles. The Morgan fingerprint density at radius 2 is 2.08 bits per heavy atom. The molecule has 0 saturated carbocycles. The summed E-state index contributed by atoms with van der Waals surface area (Å²) in [6.07, 6.45) is 2.51. The lowest BCUT2D eigenvalue weighted by molar-refractivity contribution is -0.131. The van der Waals surface area contributed by atoms with E-state index < -0.39 is 0 Å². The maximum absolute atomic E-state index is 12.8. The third-order valence-corrected chi connectivity index (χ3v) is 5.98. The molecule has 1 amide bonds. The Balaban J connectivity index is 1.68. The van der Waals surface area contributed by atoms with Gasteiger partial charge < -0.3 is 14.4 Å². The zero-order valence-electron chi connectivity index (χ0n) is 16.3. The van der Waals surface area contributed by atoms with Crippen molar-refractivity contribution in [3.05, 3.63) is 27.2 Å². The largest absolute Gasteiger partial charge is 0.342 e. The van der Waals surface area contributed by atoms with Crippen LogP contribution in [0.2, 0.25) is 0 Å². The monoisotopic (exact) mass is 376 g/mol. The zero-order chi connectivity index (χ0) is 18.8. The summed E-state index contributed by atoms with van der Waals surface area (Å²) in [4.78, 5) is 22.4. The maximum atomic E-state index is 12.8. The number of carbonyl (C=O) groups is 1. The summed E-state index contributed by atoms with van der Waals surface area (Å²) < 4.78 is 2.09. The predicted octanol–water partition coefficient (Wildman–Crippen LogP) is 1.90. The molecule has 8 heteroatoms. The van der Waals surface area contributed by atoms with Gasteiger partial charge >= 0.3 is 0 Å². The molecule has 0 bridgehead atoms. The van der Waals surface area contributed by atoms with Gasteiger partial charge in [-0.1, -0.05) is 0 Å². The van der Waals surface area contributed by atoms with Crippen LogP contribution < -0.4 is 0 Å². The first-order valence-corrected chi connectivity index (χ1v) is 9.90. The standard InChI is InChI=1S/C18H28N6OS/c1-12-15(26-13(2)19-12)9-17(25)24-8-6-7-14(10-24)18-21-20-16(23(18)5)11-22(3)4/h14H,6-11H2,1-5H3/t14-/m1/s1. The van der Waals surface area contributed by atoms with Gasteiger partial charge in [0.25, 0.3) is 0 Å². The van der Waals surface area contributed by atoms with Crippen molar-refractivity contribution in [2.45, 2.75) is 45.6 Å². The van der Waals surface area contributed by atoms with Crippen molar-refractivity contribution in [1.29, 1.82) is 0 Å². The summed E-state index contributed by atoms with van der Waals surface area (Å²) in [7, 11) is 6.08. The van der Waals surface area contributed by atoms with Gasteiger partial charge in [-0.25, -0.2) is 4.98 Å². The van der Waals surface area contributed by atoms with Crippen LogP contribution in [0.15, 0.2) is 0 Å². The minimum Gasteiger partial charge on any atom is -0.342 e. The number of thiazole rings is 1. The van der Waals surface area contributed by atoms with Gasteiger partial charge in [0.1, 0.15) is 11.6 Å². The predicted molar refractivity (Wildman–Crippen MR) is 102 cm³/mol. The van der Waals surface area contributed by atoms with E-state index in [0.717, 1.165) is 59.7 Å². The highest BCUT2D eigenvalue weighted by Crippen LogP contribution is 2.27. The zero-order valence-corrected chi connectivity index (χ0v) is 17.1. The molecular weight excluding hydrogens is 348 g/mol. The van der Waals surface area contributed by atoms with Crippen LogP contribution >= 0.6 is 11.3 Å². The first-order chi connectivity index (χ1) is 12.3. The molecule has 142 valence electrons. The van der Waals surface area contributed by atoms with Crippen molar-refractivity contribution >= 4 is 17.2 Å². The summed E-state index contributed by atoms with van der Waals surface area (Å²) >= 11 is 1.63. The summed E-state index contributed by atoms with van der Waals surface area (Å²) in [6.45, 7) is 6.29. The van der Waals surface area contributed by atoms with Gasteiger partial charge in [-0.15, -0.1) is 21.5 Å². The minimum atomic E-state index is 0.192. The van der Waals surface area contributed by atoms with E-state index in [1.54, 1.807) is 11.3 Å². The van der Waals surface area contributed by atoms with Crippen LogP contribution in [0.3, 0.4) is 0 Å². The number of likely N-dealkylation sites (tertiary alicyclic amines) is 1. The lowest BCUT2D eigenvalue weighted by atomic mass is 9.96. The first-order valence-electron chi connectivity index (χ1n) is 9.08. The molecule has 26 heavy (non-hydrogen) atoms. The summed E-state index contributed by atoms with van der Waals surface area (Å²) in [5, 5.41) is 9.79. The lowest BCUT2D eigenvalue weighted by Crippen LogP contribution is -2.40. The van der Waals surface area contributed by atoms with Crippen molar-refractivity contribution in [2.75, 3.05) is 27.2 Å². The van der Waals surface area contributed by atoms with Crippen LogP contribution in [-0.2, 0) is 24.8 Å². The molecule has 1 saturated heterocycles. The number of amides is 1. The van der Waals surface area contributed by atoms with Crippen LogP contribution in [0.5, 0.6) is 0 Å². The molecule has 0 aromatic carbocycles. The second-order valence-electron chi connectivity index (χ2n) is 7.37. The first kappa shape index (κ1) is 19.0. The van der Waals surface area contributed by atoms with Crippen molar-refractivity contribution in [1.82, 2.24) is 29.5 Å². The van der Waals surface area contributed by atoms with Gasteiger partial charge in [0.2, 0.25) is 5.91 Å². The van der Waals surface area contributed by atoms with E-state index >= 15 is 0 Å². The quantitative estimate of drug-likeness (QED) is 0.797. The van der Waals surface area contributed by atoms with E-state index in [1.165, 1.54) is 0 Å². The number of carbonyl (C=O) groups excluding carboxylic acids is 1. The molecule has 1 atom stereocenters. The average molecular weight is 377 g/mol. The van der Waals surface area contributed by atoms with Crippen LogP contribution in [0.1, 0.15) is 46.0 Å². The Morgan fingerprint density at radius 1 is 1.31 bits per heavy atom. The van der Waals surface area contributed by atoms with Crippen LogP contribution in [-0.4, -0.2) is 62.6 Å². The number of hydrogen-bond donors (Lipinski definition) is 0. The highest BCUT2D eigenvalue weighted by Gasteiger charge is 2.28. The average Bonchev–Trinajstić information content (AvgIpc) is 3.09. The normalized spacial score (nSPS) is 17.9. The van der Waals surface area contributed by atoms with Crippen molar-refractivity contribution < 1.29 is 4.79 Å². The van der Waals surface area contributed by atoms with E-state index in [4.69, 9.17) is 0 Å². The highest BCUT2D eigenvalue weighted by atomic mass is 32.1. The van der Waals surface area contributed by atoms with Gasteiger partial charge in [-0.3, -0.25) is 4.79 Å². The third-order valence-electron chi connectivity index (χ3n) is 4.91. The Bertz CT molecular complexity index is 781. The third kappa shape index (κ3) is 4.12. The highest BCUT2D eigenvalue weighted by molar-refractivity contribution is 7.11. The smallest absolute Gasteiger partial charge is 0.227 e. The van der Waals surface area contributed by atoms with Gasteiger partial charge in [0.15, 0.2) is 0 Å². The molecule has 7 nitrogen and oxygen atoms in total. The molecule has 1 aliphatic rings. The minimum absolute atomic E-state index is 0.192. The molecule has 0 N–H and O–H groups in total. The fourth-order valence-electron chi connectivity index (χ4n) is 3.55. The molecular formula is C18H28N6OS. The second-order valence-corrected chi connectivity index (χ2v) is 8.66. The van der Waals surface area contributed by atoms with Gasteiger partial charge in [0, 0.05) is 30.9 Å². The SMILES string of the molecule is Cc1nc(C)c(CC(=O)N2CCC[C@@H](c3nnc(CN(C)C)n3C)C2)s1. The van der Waals surface area contributed by atoms with Crippen molar-refractivity contribution in [3.63, 3.8) is 0 Å². The molecule has 0 radical (unpaired) electrons. The Labute approximate surface area is 159 Å². The molecule has 1 fully saturated rings. The summed E-state index contributed by atoms with van der Waals surface area (Å²) in [5.41, 5.74) is 0.982. The number of hydrogen-bond acceptors (Lipinski definition) is 6. The van der Waals surface area contributed by atoms with Gasteiger partial charge in [0.05, 0.1) is 23.7 Å². The van der Waals surface area contributed by atoms with E-state index in [0.29, 0.717) is 6.42 Å². The Morgan fingerprint density at radius 3 is 2.73 bits per heavy atom. The molecule has 0 aliphatic carbocycles. The van der Waals surface area contributed by atoms with Gasteiger partial charge in [-0.2, -0.15) is 0 Å². The Hall–Kier alpha value is -1.80. The molecule has 1 aliphatic heterocycles. The van der Waals surface area contributed by atoms with Crippen LogP contribution in [0.4, 0.5) is 0 Å². The fraction of sp³-hybridized carbons (Fsp3) is 0.667. The number of nitrogens with zero attached hydrogens (tertiary/aromatic N) is 6. The summed E-state index contributed by atoms with van der Waals surface area (Å²) in [5.74, 6) is 2.40. The number of rotatable bonds is 5. The molecule has 2 aromatic rings. The van der Waals surface area contributed by atoms with Gasteiger partial charge in [-0.05, 0) is 40.8 Å². The molecule has 2 aromatic heterocycles.